The quantitative estimate of drug-likeness (QED) is 0.396. The van der Waals surface area contributed by atoms with Gasteiger partial charge in [-0.2, -0.15) is 14.1 Å². The summed E-state index contributed by atoms with van der Waals surface area (Å²) >= 11 is 0. The Labute approximate surface area is 80.0 Å². The smallest absolute Gasteiger partial charge is 0.121 e. The van der Waals surface area contributed by atoms with E-state index in [4.69, 9.17) is 0 Å². The van der Waals surface area contributed by atoms with E-state index in [0.29, 0.717) is 0 Å². The largest absolute Gasteiger partial charge is 0.187 e. The van der Waals surface area contributed by atoms with E-state index in [-0.39, 0.29) is 0 Å². The van der Waals surface area contributed by atoms with Crippen molar-refractivity contribution in [2.45, 2.75) is 0 Å². The highest BCUT2D eigenvalue weighted by atomic mass is 15.9. The minimum absolute atomic E-state index is 1.31. The molecule has 14 heavy (non-hydrogen) atoms. The van der Waals surface area contributed by atoms with Crippen LogP contribution < -0.4 is 0 Å². The third-order valence-electron chi connectivity index (χ3n) is 2.99. The fourth-order valence-electron chi connectivity index (χ4n) is 2.26. The molecule has 0 fully saturated rings. The molecule has 0 amide bonds. The van der Waals surface area contributed by atoms with Gasteiger partial charge in [0.05, 0.1) is 0 Å². The first kappa shape index (κ1) is 6.54. The van der Waals surface area contributed by atoms with E-state index in [9.17, 15) is 0 Å². The van der Waals surface area contributed by atoms with Crippen LogP contribution in [0.15, 0.2) is 36.4 Å². The van der Waals surface area contributed by atoms with Crippen LogP contribution in [0.5, 0.6) is 0 Å². The first-order valence-electron chi connectivity index (χ1n) is 4.73. The summed E-state index contributed by atoms with van der Waals surface area (Å²) in [6, 6.07) is 12.9. The van der Waals surface area contributed by atoms with E-state index in [0.717, 1.165) is 0 Å². The zero-order valence-corrected chi connectivity index (χ0v) is 7.81. The molecule has 0 aliphatic rings. The van der Waals surface area contributed by atoms with E-state index >= 15 is 0 Å². The van der Waals surface area contributed by atoms with Crippen molar-refractivity contribution in [3.05, 3.63) is 36.4 Å². The van der Waals surface area contributed by atoms with E-state index < -0.39 is 0 Å². The van der Waals surface area contributed by atoms with Gasteiger partial charge in [-0.1, -0.05) is 30.3 Å². The van der Waals surface area contributed by atoms with Gasteiger partial charge >= 0.3 is 0 Å². The summed E-state index contributed by atoms with van der Waals surface area (Å²) < 4.78 is 4.33. The molecule has 2 aromatic carbocycles. The van der Waals surface area contributed by atoms with Gasteiger partial charge in [0, 0.05) is 12.4 Å². The molecular formula is C11H9N3. The molecule has 0 bridgehead atoms. The Balaban J connectivity index is 2.35. The van der Waals surface area contributed by atoms with Crippen molar-refractivity contribution < 1.29 is 0 Å². The van der Waals surface area contributed by atoms with Gasteiger partial charge in [-0.25, -0.2) is 0 Å². The van der Waals surface area contributed by atoms with Crippen LogP contribution in [0.25, 0.3) is 21.8 Å². The van der Waals surface area contributed by atoms with Gasteiger partial charge in [0.1, 0.15) is 11.0 Å². The average Bonchev–Trinajstić information content (AvgIpc) is 2.75. The van der Waals surface area contributed by atoms with Gasteiger partial charge in [-0.15, -0.1) is 0 Å². The van der Waals surface area contributed by atoms with Gasteiger partial charge in [0.15, 0.2) is 0 Å². The summed E-state index contributed by atoms with van der Waals surface area (Å²) in [6.45, 7) is 0. The standard InChI is InChI=1S/C11H9N3/c1-12-13-10-7-6-8-4-2-3-5-9(8)11(10)14(12)13/h2-7H,1H3. The molecule has 68 valence electrons. The maximum Gasteiger partial charge on any atom is 0.121 e. The lowest BCUT2D eigenvalue weighted by molar-refractivity contribution is 0.877. The van der Waals surface area contributed by atoms with Crippen LogP contribution in [0.1, 0.15) is 0 Å². The SMILES string of the molecule is Cn1n2c3ccc4ccccc4c3n12. The zero-order chi connectivity index (χ0) is 9.28. The number of hydrogen-bond acceptors (Lipinski definition) is 0. The molecule has 4 rings (SSSR count). The Morgan fingerprint density at radius 3 is 2.71 bits per heavy atom. The Morgan fingerprint density at radius 1 is 0.929 bits per heavy atom. The van der Waals surface area contributed by atoms with E-state index in [1.54, 1.807) is 0 Å². The predicted octanol–water partition coefficient (Wildman–Crippen LogP) is 2.12. The second-order valence-corrected chi connectivity index (χ2v) is 3.72. The molecule has 0 spiro atoms. The Kier molecular flexibility index (Phi) is 0.839. The van der Waals surface area contributed by atoms with Gasteiger partial charge in [-0.05, 0) is 11.5 Å². The summed E-state index contributed by atoms with van der Waals surface area (Å²) in [6.07, 6.45) is 0. The monoisotopic (exact) mass is 183 g/mol. The molecule has 0 saturated heterocycles. The molecule has 0 unspecified atom stereocenters. The van der Waals surface area contributed by atoms with Crippen molar-refractivity contribution in [1.29, 1.82) is 0 Å². The van der Waals surface area contributed by atoms with Crippen molar-refractivity contribution in [1.82, 2.24) is 14.1 Å². The third-order valence-corrected chi connectivity index (χ3v) is 2.99. The lowest BCUT2D eigenvalue weighted by Crippen LogP contribution is -1.91. The van der Waals surface area contributed by atoms with Gasteiger partial charge in [0.25, 0.3) is 0 Å². The zero-order valence-electron chi connectivity index (χ0n) is 7.81. The van der Waals surface area contributed by atoms with Crippen LogP contribution in [0, 0.1) is 0 Å². The van der Waals surface area contributed by atoms with Crippen molar-refractivity contribution in [2.24, 2.45) is 7.05 Å². The summed E-state index contributed by atoms with van der Waals surface area (Å²) in [5.74, 6) is 0. The first-order chi connectivity index (χ1) is 6.88. The second kappa shape index (κ2) is 1.80. The number of fused-ring (bicyclic) bond motifs is 6. The Hall–Kier alpha value is -1.90. The van der Waals surface area contributed by atoms with Crippen LogP contribution in [-0.2, 0) is 7.05 Å². The molecule has 2 aromatic heterocycles. The number of rotatable bonds is 0. The normalized spacial score (nSPS) is 12.6. The number of nitrogens with zero attached hydrogens (tertiary/aromatic N) is 3. The van der Waals surface area contributed by atoms with Crippen LogP contribution in [0.4, 0.5) is 0 Å². The lowest BCUT2D eigenvalue weighted by Gasteiger charge is -2.02. The van der Waals surface area contributed by atoms with Crippen molar-refractivity contribution in [3.8, 4) is 0 Å². The van der Waals surface area contributed by atoms with Crippen molar-refractivity contribution in [2.75, 3.05) is 0 Å². The Bertz CT molecular complexity index is 738. The maximum atomic E-state index is 2.18. The molecule has 4 aromatic rings. The number of aryl methyl sites for hydroxylation is 1. The maximum absolute atomic E-state index is 2.18. The number of aromatic nitrogens is 3. The third kappa shape index (κ3) is 0.520. The molecule has 3 nitrogen and oxygen atoms in total. The molecule has 3 heteroatoms. The molecule has 2 heterocycles. The first-order valence-corrected chi connectivity index (χ1v) is 4.73. The summed E-state index contributed by atoms with van der Waals surface area (Å²) in [5, 5.41) is 2.65. The number of hydrogen-bond donors (Lipinski definition) is 0. The summed E-state index contributed by atoms with van der Waals surface area (Å²) in [4.78, 5) is 2.11. The molecule has 0 N–H and O–H groups in total. The highest BCUT2D eigenvalue weighted by Gasteiger charge is 2.20. The highest BCUT2D eigenvalue weighted by Crippen LogP contribution is 2.29. The van der Waals surface area contributed by atoms with E-state index in [1.807, 2.05) is 0 Å². The van der Waals surface area contributed by atoms with E-state index in [1.165, 1.54) is 21.8 Å². The minimum atomic E-state index is 1.31. The fraction of sp³-hybridized carbons (Fsp3) is 0.0909. The summed E-state index contributed by atoms with van der Waals surface area (Å²) in [7, 11) is 2.06. The lowest BCUT2D eigenvalue weighted by atomic mass is 10.1. The Morgan fingerprint density at radius 2 is 1.79 bits per heavy atom. The van der Waals surface area contributed by atoms with Crippen LogP contribution in [0.3, 0.4) is 0 Å². The highest BCUT2D eigenvalue weighted by molar-refractivity contribution is 6.05. The second-order valence-electron chi connectivity index (χ2n) is 3.72. The van der Waals surface area contributed by atoms with Crippen LogP contribution >= 0.6 is 0 Å². The summed E-state index contributed by atoms with van der Waals surface area (Å²) in [5.41, 5.74) is 2.65. The van der Waals surface area contributed by atoms with E-state index in [2.05, 4.69) is 57.5 Å². The topological polar surface area (TPSA) is 13.8 Å². The van der Waals surface area contributed by atoms with Crippen LogP contribution in [0.2, 0.25) is 0 Å². The fourth-order valence-corrected chi connectivity index (χ4v) is 2.26. The van der Waals surface area contributed by atoms with Crippen molar-refractivity contribution >= 4 is 21.8 Å². The molecule has 0 saturated carbocycles. The van der Waals surface area contributed by atoms with Crippen molar-refractivity contribution in [3.63, 3.8) is 0 Å². The molecule has 0 atom stereocenters. The van der Waals surface area contributed by atoms with Crippen LogP contribution in [-0.4, -0.2) is 14.1 Å². The van der Waals surface area contributed by atoms with Gasteiger partial charge in [0.2, 0.25) is 0 Å². The molecule has 0 aliphatic carbocycles. The van der Waals surface area contributed by atoms with Gasteiger partial charge in [-0.3, -0.25) is 0 Å². The predicted molar refractivity (Wildman–Crippen MR) is 56.0 cm³/mol. The average molecular weight is 183 g/mol. The van der Waals surface area contributed by atoms with Gasteiger partial charge < -0.3 is 0 Å². The molecule has 0 aliphatic heterocycles. The molecular weight excluding hydrogens is 174 g/mol. The number of benzene rings is 2. The minimum Gasteiger partial charge on any atom is -0.187 e. The molecule has 0 radical (unpaired) electrons.